The fourth-order valence-corrected chi connectivity index (χ4v) is 2.70. The van der Waals surface area contributed by atoms with Crippen molar-refractivity contribution in [1.82, 2.24) is 10.2 Å². The quantitative estimate of drug-likeness (QED) is 0.790. The lowest BCUT2D eigenvalue weighted by molar-refractivity contribution is 0.597. The molecule has 0 fully saturated rings. The highest BCUT2D eigenvalue weighted by atomic mass is 32.2. The second-order valence-electron chi connectivity index (χ2n) is 4.35. The van der Waals surface area contributed by atoms with Crippen molar-refractivity contribution < 1.29 is 8.42 Å². The zero-order valence-corrected chi connectivity index (χ0v) is 11.5. The molecule has 2 rings (SSSR count). The summed E-state index contributed by atoms with van der Waals surface area (Å²) in [5.74, 6) is 0. The van der Waals surface area contributed by atoms with Gasteiger partial charge in [0.1, 0.15) is 0 Å². The molecule has 4 N–H and O–H groups in total. The van der Waals surface area contributed by atoms with E-state index in [1.807, 2.05) is 19.1 Å². The number of aromatic nitrogens is 2. The van der Waals surface area contributed by atoms with E-state index in [-0.39, 0.29) is 10.9 Å². The van der Waals surface area contributed by atoms with Crippen LogP contribution in [-0.4, -0.2) is 18.6 Å². The Kier molecular flexibility index (Phi) is 3.59. The Labute approximate surface area is 112 Å². The first-order valence-electron chi connectivity index (χ1n) is 5.78. The summed E-state index contributed by atoms with van der Waals surface area (Å²) >= 11 is 0. The van der Waals surface area contributed by atoms with Gasteiger partial charge in [0.25, 0.3) is 0 Å². The van der Waals surface area contributed by atoms with E-state index in [0.29, 0.717) is 5.56 Å². The fourth-order valence-electron chi connectivity index (χ4n) is 1.90. The minimum Gasteiger partial charge on any atom is -0.377 e. The molecule has 1 heterocycles. The molecule has 0 saturated carbocycles. The van der Waals surface area contributed by atoms with Crippen LogP contribution < -0.4 is 10.5 Å². The van der Waals surface area contributed by atoms with Crippen LogP contribution in [0.15, 0.2) is 35.4 Å². The number of primary sulfonamides is 1. The lowest BCUT2D eigenvalue weighted by Crippen LogP contribution is -2.15. The first-order valence-corrected chi connectivity index (χ1v) is 7.32. The third kappa shape index (κ3) is 2.94. The second kappa shape index (κ2) is 5.02. The van der Waals surface area contributed by atoms with Crippen LogP contribution in [0.25, 0.3) is 0 Å². The molecule has 0 amide bonds. The minimum atomic E-state index is -3.71. The van der Waals surface area contributed by atoms with Gasteiger partial charge in [-0.05, 0) is 37.6 Å². The van der Waals surface area contributed by atoms with Crippen LogP contribution in [0.5, 0.6) is 0 Å². The lowest BCUT2D eigenvalue weighted by atomic mass is 10.1. The maximum Gasteiger partial charge on any atom is 0.238 e. The number of aromatic amines is 1. The third-order valence-electron chi connectivity index (χ3n) is 2.95. The Morgan fingerprint density at radius 2 is 2.11 bits per heavy atom. The first-order chi connectivity index (χ1) is 8.89. The molecule has 1 atom stereocenters. The summed E-state index contributed by atoms with van der Waals surface area (Å²) in [6, 6.07) is 6.82. The summed E-state index contributed by atoms with van der Waals surface area (Å²) in [5, 5.41) is 15.2. The van der Waals surface area contributed by atoms with E-state index in [0.717, 1.165) is 11.4 Å². The van der Waals surface area contributed by atoms with Crippen molar-refractivity contribution in [3.8, 4) is 0 Å². The number of nitrogens with two attached hydrogens (primary N) is 1. The molecule has 0 spiro atoms. The van der Waals surface area contributed by atoms with Crippen molar-refractivity contribution in [2.75, 3.05) is 5.32 Å². The van der Waals surface area contributed by atoms with Gasteiger partial charge >= 0.3 is 0 Å². The van der Waals surface area contributed by atoms with E-state index in [2.05, 4.69) is 15.5 Å². The van der Waals surface area contributed by atoms with Crippen molar-refractivity contribution in [2.24, 2.45) is 5.14 Å². The van der Waals surface area contributed by atoms with Crippen molar-refractivity contribution in [3.63, 3.8) is 0 Å². The standard InChI is InChI=1S/C12H16N4O2S/c1-8-10(4-3-5-12(8)19(13,17)18)15-9(2)11-6-7-14-16-11/h3-7,9,15H,1-2H3,(H,14,16)(H2,13,17,18). The first kappa shape index (κ1) is 13.6. The molecule has 0 bridgehead atoms. The Hall–Kier alpha value is -1.86. The average Bonchev–Trinajstić information content (AvgIpc) is 2.83. The number of sulfonamides is 1. The van der Waals surface area contributed by atoms with Crippen molar-refractivity contribution >= 4 is 15.7 Å². The van der Waals surface area contributed by atoms with Gasteiger partial charge in [0.05, 0.1) is 16.6 Å². The Morgan fingerprint density at radius 1 is 1.37 bits per heavy atom. The molecule has 0 radical (unpaired) electrons. The van der Waals surface area contributed by atoms with E-state index in [1.165, 1.54) is 6.07 Å². The van der Waals surface area contributed by atoms with E-state index in [1.54, 1.807) is 19.2 Å². The zero-order chi connectivity index (χ0) is 14.0. The third-order valence-corrected chi connectivity index (χ3v) is 4.01. The van der Waals surface area contributed by atoms with Crippen LogP contribution in [0.4, 0.5) is 5.69 Å². The number of nitrogens with zero attached hydrogens (tertiary/aromatic N) is 1. The molecule has 1 unspecified atom stereocenters. The number of rotatable bonds is 4. The van der Waals surface area contributed by atoms with Gasteiger partial charge in [-0.3, -0.25) is 5.10 Å². The number of hydrogen-bond donors (Lipinski definition) is 3. The van der Waals surface area contributed by atoms with Crippen LogP contribution in [0, 0.1) is 6.92 Å². The van der Waals surface area contributed by atoms with Gasteiger partial charge in [0, 0.05) is 11.9 Å². The van der Waals surface area contributed by atoms with Crippen LogP contribution in [0.2, 0.25) is 0 Å². The van der Waals surface area contributed by atoms with Crippen molar-refractivity contribution in [1.29, 1.82) is 0 Å². The van der Waals surface area contributed by atoms with Gasteiger partial charge in [0.2, 0.25) is 10.0 Å². The van der Waals surface area contributed by atoms with Crippen LogP contribution in [0.3, 0.4) is 0 Å². The predicted octanol–water partition coefficient (Wildman–Crippen LogP) is 1.54. The highest BCUT2D eigenvalue weighted by Crippen LogP contribution is 2.25. The molecule has 7 heteroatoms. The monoisotopic (exact) mass is 280 g/mol. The molecule has 0 saturated heterocycles. The normalized spacial score (nSPS) is 13.2. The van der Waals surface area contributed by atoms with E-state index < -0.39 is 10.0 Å². The molecular formula is C12H16N4O2S. The SMILES string of the molecule is Cc1c(NC(C)c2ccn[nH]2)cccc1S(N)(=O)=O. The molecular weight excluding hydrogens is 264 g/mol. The van der Waals surface area contributed by atoms with Gasteiger partial charge in [0.15, 0.2) is 0 Å². The molecule has 102 valence electrons. The second-order valence-corrected chi connectivity index (χ2v) is 5.88. The summed E-state index contributed by atoms with van der Waals surface area (Å²) in [4.78, 5) is 0.134. The number of nitrogens with one attached hydrogen (secondary N) is 2. The Morgan fingerprint density at radius 3 is 2.68 bits per heavy atom. The minimum absolute atomic E-state index is 0.0167. The Balaban J connectivity index is 2.32. The smallest absolute Gasteiger partial charge is 0.238 e. The molecule has 1 aromatic heterocycles. The number of hydrogen-bond acceptors (Lipinski definition) is 4. The largest absolute Gasteiger partial charge is 0.377 e. The molecule has 1 aromatic carbocycles. The number of anilines is 1. The van der Waals surface area contributed by atoms with Gasteiger partial charge in [-0.25, -0.2) is 13.6 Å². The summed E-state index contributed by atoms with van der Waals surface area (Å²) in [6.45, 7) is 3.68. The maximum atomic E-state index is 11.5. The molecule has 6 nitrogen and oxygen atoms in total. The summed E-state index contributed by atoms with van der Waals surface area (Å²) in [6.07, 6.45) is 1.67. The van der Waals surface area contributed by atoms with Crippen LogP contribution in [0.1, 0.15) is 24.2 Å². The maximum absolute atomic E-state index is 11.5. The molecule has 0 aliphatic heterocycles. The van der Waals surface area contributed by atoms with Gasteiger partial charge in [-0.1, -0.05) is 6.07 Å². The fraction of sp³-hybridized carbons (Fsp3) is 0.250. The number of H-pyrrole nitrogens is 1. The number of benzene rings is 1. The highest BCUT2D eigenvalue weighted by Gasteiger charge is 2.15. The van der Waals surface area contributed by atoms with Crippen LogP contribution in [-0.2, 0) is 10.0 Å². The lowest BCUT2D eigenvalue weighted by Gasteiger charge is -2.17. The van der Waals surface area contributed by atoms with Crippen LogP contribution >= 0.6 is 0 Å². The zero-order valence-electron chi connectivity index (χ0n) is 10.7. The topological polar surface area (TPSA) is 101 Å². The molecule has 0 aliphatic carbocycles. The highest BCUT2D eigenvalue weighted by molar-refractivity contribution is 7.89. The average molecular weight is 280 g/mol. The van der Waals surface area contributed by atoms with Gasteiger partial charge < -0.3 is 5.32 Å². The van der Waals surface area contributed by atoms with Gasteiger partial charge in [-0.2, -0.15) is 5.10 Å². The van der Waals surface area contributed by atoms with Crippen molar-refractivity contribution in [3.05, 3.63) is 41.7 Å². The van der Waals surface area contributed by atoms with Crippen molar-refractivity contribution in [2.45, 2.75) is 24.8 Å². The predicted molar refractivity (Wildman–Crippen MR) is 73.2 cm³/mol. The molecule has 19 heavy (non-hydrogen) atoms. The summed E-state index contributed by atoms with van der Waals surface area (Å²) in [5.41, 5.74) is 2.25. The van der Waals surface area contributed by atoms with E-state index >= 15 is 0 Å². The van der Waals surface area contributed by atoms with E-state index in [9.17, 15) is 8.42 Å². The van der Waals surface area contributed by atoms with E-state index in [4.69, 9.17) is 5.14 Å². The molecule has 0 aliphatic rings. The van der Waals surface area contributed by atoms with Gasteiger partial charge in [-0.15, -0.1) is 0 Å². The summed E-state index contributed by atoms with van der Waals surface area (Å²) < 4.78 is 22.9. The molecule has 2 aromatic rings. The Bertz CT molecular complexity index is 665. The summed E-state index contributed by atoms with van der Waals surface area (Å²) in [7, 11) is -3.71.